The number of hydrogen-bond acceptors (Lipinski definition) is 6. The number of nitrogens with one attached hydrogen (secondary N) is 1. The van der Waals surface area contributed by atoms with Crippen molar-refractivity contribution in [1.29, 1.82) is 0 Å². The van der Waals surface area contributed by atoms with E-state index >= 15 is 0 Å². The first-order chi connectivity index (χ1) is 14.0. The molecule has 0 fully saturated rings. The van der Waals surface area contributed by atoms with Crippen molar-refractivity contribution >= 4 is 28.8 Å². The van der Waals surface area contributed by atoms with Gasteiger partial charge in [-0.25, -0.2) is 4.98 Å². The van der Waals surface area contributed by atoms with Crippen LogP contribution in [0.2, 0.25) is 5.02 Å². The van der Waals surface area contributed by atoms with Crippen LogP contribution in [0.15, 0.2) is 41.8 Å². The van der Waals surface area contributed by atoms with E-state index < -0.39 is 0 Å². The topological polar surface area (TPSA) is 69.7 Å². The second kappa shape index (κ2) is 9.62. The predicted octanol–water partition coefficient (Wildman–Crippen LogP) is 4.35. The van der Waals surface area contributed by atoms with Crippen LogP contribution in [0.25, 0.3) is 10.6 Å². The molecule has 1 heterocycles. The van der Waals surface area contributed by atoms with Gasteiger partial charge in [0.2, 0.25) is 5.91 Å². The number of methoxy groups -OCH3 is 3. The zero-order valence-electron chi connectivity index (χ0n) is 16.3. The van der Waals surface area contributed by atoms with Crippen molar-refractivity contribution < 1.29 is 19.0 Å². The van der Waals surface area contributed by atoms with Crippen LogP contribution in [0, 0.1) is 0 Å². The summed E-state index contributed by atoms with van der Waals surface area (Å²) in [6.45, 7) is 0.296. The van der Waals surface area contributed by atoms with E-state index in [0.717, 1.165) is 16.1 Å². The zero-order chi connectivity index (χ0) is 20.8. The van der Waals surface area contributed by atoms with Gasteiger partial charge in [-0.1, -0.05) is 29.8 Å². The number of nitrogens with zero attached hydrogens (tertiary/aromatic N) is 1. The molecule has 0 saturated carbocycles. The molecule has 3 rings (SSSR count). The normalized spacial score (nSPS) is 10.5. The van der Waals surface area contributed by atoms with Gasteiger partial charge >= 0.3 is 0 Å². The number of thiazole rings is 1. The van der Waals surface area contributed by atoms with E-state index in [0.29, 0.717) is 34.5 Å². The molecule has 0 aliphatic carbocycles. The summed E-state index contributed by atoms with van der Waals surface area (Å²) < 4.78 is 16.0. The molecule has 0 unspecified atom stereocenters. The fraction of sp³-hybridized carbons (Fsp3) is 0.238. The van der Waals surface area contributed by atoms with Crippen molar-refractivity contribution in [2.45, 2.75) is 13.0 Å². The van der Waals surface area contributed by atoms with E-state index in [1.807, 2.05) is 29.6 Å². The average Bonchev–Trinajstić information content (AvgIpc) is 3.19. The molecule has 0 saturated heterocycles. The Hall–Kier alpha value is -2.77. The van der Waals surface area contributed by atoms with Gasteiger partial charge in [0.25, 0.3) is 0 Å². The Morgan fingerprint density at radius 1 is 1.07 bits per heavy atom. The zero-order valence-corrected chi connectivity index (χ0v) is 17.9. The number of hydrogen-bond donors (Lipinski definition) is 1. The first kappa shape index (κ1) is 21.0. The maximum Gasteiger partial charge on any atom is 0.226 e. The fourth-order valence-corrected chi connectivity index (χ4v) is 3.94. The minimum absolute atomic E-state index is 0.141. The molecular formula is C21H21ClN2O4S. The molecule has 0 atom stereocenters. The predicted molar refractivity (Wildman–Crippen MR) is 114 cm³/mol. The summed E-state index contributed by atoms with van der Waals surface area (Å²) in [6.07, 6.45) is 0.177. The molecule has 1 amide bonds. The average molecular weight is 433 g/mol. The number of halogens is 1. The third-order valence-corrected chi connectivity index (χ3v) is 5.51. The third-order valence-electron chi connectivity index (χ3n) is 4.26. The Labute approximate surface area is 178 Å². The van der Waals surface area contributed by atoms with Gasteiger partial charge in [0.05, 0.1) is 38.5 Å². The van der Waals surface area contributed by atoms with Crippen LogP contribution in [0.3, 0.4) is 0 Å². The van der Waals surface area contributed by atoms with Crippen LogP contribution >= 0.6 is 22.9 Å². The first-order valence-corrected chi connectivity index (χ1v) is 10.1. The van der Waals surface area contributed by atoms with Crippen molar-refractivity contribution in [3.8, 4) is 27.8 Å². The van der Waals surface area contributed by atoms with Gasteiger partial charge < -0.3 is 19.5 Å². The van der Waals surface area contributed by atoms with Gasteiger partial charge in [-0.05, 0) is 12.1 Å². The van der Waals surface area contributed by atoms with Crippen LogP contribution < -0.4 is 19.5 Å². The summed E-state index contributed by atoms with van der Waals surface area (Å²) in [5.41, 5.74) is 2.34. The highest BCUT2D eigenvalue weighted by Gasteiger charge is 2.14. The highest BCUT2D eigenvalue weighted by Crippen LogP contribution is 2.34. The second-order valence-electron chi connectivity index (χ2n) is 6.10. The lowest BCUT2D eigenvalue weighted by Gasteiger charge is -2.14. The van der Waals surface area contributed by atoms with Crippen molar-refractivity contribution in [3.63, 3.8) is 0 Å². The SMILES string of the molecule is COc1cc(OC)c(OC)cc1CNC(=O)Cc1csc(-c2ccccc2Cl)n1. The lowest BCUT2D eigenvalue weighted by atomic mass is 10.1. The summed E-state index contributed by atoms with van der Waals surface area (Å²) in [5, 5.41) is 6.19. The number of carbonyl (C=O) groups excluding carboxylic acids is 1. The number of rotatable bonds is 8. The molecule has 152 valence electrons. The molecule has 0 aliphatic rings. The minimum atomic E-state index is -0.141. The summed E-state index contributed by atoms with van der Waals surface area (Å²) in [7, 11) is 4.69. The van der Waals surface area contributed by atoms with E-state index in [2.05, 4.69) is 10.3 Å². The number of amides is 1. The van der Waals surface area contributed by atoms with Crippen LogP contribution in [0.1, 0.15) is 11.3 Å². The van der Waals surface area contributed by atoms with Gasteiger partial charge in [0, 0.05) is 29.1 Å². The molecule has 0 spiro atoms. The standard InChI is InChI=1S/C21H21ClN2O4S/c1-26-17-10-19(28-3)18(27-2)8-13(17)11-23-20(25)9-14-12-29-21(24-14)15-6-4-5-7-16(15)22/h4-8,10,12H,9,11H2,1-3H3,(H,23,25). The number of ether oxygens (including phenoxy) is 3. The molecular weight excluding hydrogens is 412 g/mol. The largest absolute Gasteiger partial charge is 0.496 e. The molecule has 2 aromatic carbocycles. The maximum atomic E-state index is 12.4. The van der Waals surface area contributed by atoms with Crippen LogP contribution in [-0.4, -0.2) is 32.2 Å². The Morgan fingerprint density at radius 2 is 1.76 bits per heavy atom. The van der Waals surface area contributed by atoms with Crippen molar-refractivity contribution in [1.82, 2.24) is 10.3 Å². The molecule has 1 aromatic heterocycles. The molecule has 0 aliphatic heterocycles. The highest BCUT2D eigenvalue weighted by molar-refractivity contribution is 7.13. The number of carbonyl (C=O) groups is 1. The van der Waals surface area contributed by atoms with Crippen LogP contribution in [-0.2, 0) is 17.8 Å². The van der Waals surface area contributed by atoms with Crippen LogP contribution in [0.5, 0.6) is 17.2 Å². The van der Waals surface area contributed by atoms with Crippen LogP contribution in [0.4, 0.5) is 0 Å². The van der Waals surface area contributed by atoms with E-state index in [9.17, 15) is 4.79 Å². The Bertz CT molecular complexity index is 1010. The van der Waals surface area contributed by atoms with E-state index in [1.54, 1.807) is 33.5 Å². The lowest BCUT2D eigenvalue weighted by Crippen LogP contribution is -2.25. The van der Waals surface area contributed by atoms with Gasteiger partial charge in [-0.15, -0.1) is 11.3 Å². The molecule has 8 heteroatoms. The van der Waals surface area contributed by atoms with Gasteiger partial charge in [0.1, 0.15) is 10.8 Å². The minimum Gasteiger partial charge on any atom is -0.496 e. The summed E-state index contributed by atoms with van der Waals surface area (Å²) >= 11 is 7.68. The molecule has 6 nitrogen and oxygen atoms in total. The van der Waals surface area contributed by atoms with Gasteiger partial charge in [-0.3, -0.25) is 4.79 Å². The monoisotopic (exact) mass is 432 g/mol. The van der Waals surface area contributed by atoms with E-state index in [1.165, 1.54) is 11.3 Å². The smallest absolute Gasteiger partial charge is 0.226 e. The number of benzene rings is 2. The first-order valence-electron chi connectivity index (χ1n) is 8.80. The quantitative estimate of drug-likeness (QED) is 0.573. The van der Waals surface area contributed by atoms with E-state index in [4.69, 9.17) is 25.8 Å². The summed E-state index contributed by atoms with van der Waals surface area (Å²) in [4.78, 5) is 16.9. The molecule has 3 aromatic rings. The highest BCUT2D eigenvalue weighted by atomic mass is 35.5. The van der Waals surface area contributed by atoms with E-state index in [-0.39, 0.29) is 12.3 Å². The molecule has 1 N–H and O–H groups in total. The Morgan fingerprint density at radius 3 is 2.45 bits per heavy atom. The number of aromatic nitrogens is 1. The Balaban J connectivity index is 1.66. The van der Waals surface area contributed by atoms with Gasteiger partial charge in [0.15, 0.2) is 11.5 Å². The van der Waals surface area contributed by atoms with Gasteiger partial charge in [-0.2, -0.15) is 0 Å². The molecule has 0 bridgehead atoms. The molecule has 29 heavy (non-hydrogen) atoms. The summed E-state index contributed by atoms with van der Waals surface area (Å²) in [6, 6.07) is 11.0. The fourth-order valence-electron chi connectivity index (χ4n) is 2.80. The lowest BCUT2D eigenvalue weighted by molar-refractivity contribution is -0.120. The Kier molecular flexibility index (Phi) is 6.95. The summed E-state index contributed by atoms with van der Waals surface area (Å²) in [5.74, 6) is 1.60. The molecule has 0 radical (unpaired) electrons. The van der Waals surface area contributed by atoms with Crippen molar-refractivity contribution in [3.05, 3.63) is 58.1 Å². The maximum absolute atomic E-state index is 12.4. The van der Waals surface area contributed by atoms with Crippen molar-refractivity contribution in [2.24, 2.45) is 0 Å². The van der Waals surface area contributed by atoms with Crippen molar-refractivity contribution in [2.75, 3.05) is 21.3 Å². The second-order valence-corrected chi connectivity index (χ2v) is 7.36. The third kappa shape index (κ3) is 4.99.